The Labute approximate surface area is 119 Å². The summed E-state index contributed by atoms with van der Waals surface area (Å²) < 4.78 is 51.4. The van der Waals surface area contributed by atoms with Crippen LogP contribution in [-0.4, -0.2) is 10.1 Å². The fourth-order valence-corrected chi connectivity index (χ4v) is 2.24. The van der Waals surface area contributed by atoms with Gasteiger partial charge in [0.25, 0.3) is 0 Å². The first-order chi connectivity index (χ1) is 9.62. The van der Waals surface area contributed by atoms with Crippen molar-refractivity contribution in [1.29, 1.82) is 0 Å². The summed E-state index contributed by atoms with van der Waals surface area (Å²) in [5.41, 5.74) is 1.58. The second-order valence-corrected chi connectivity index (χ2v) is 5.05. The Bertz CT molecular complexity index is 673. The van der Waals surface area contributed by atoms with Gasteiger partial charge in [-0.3, -0.25) is 0 Å². The SMILES string of the molecule is Cc1[nH]c(C(O)c2ccc(F)c(C(F)(F)F)c2)c(C)c1C. The molecule has 1 atom stereocenters. The number of aliphatic hydroxyl groups is 1. The lowest BCUT2D eigenvalue weighted by atomic mass is 10.00. The van der Waals surface area contributed by atoms with E-state index in [1.54, 1.807) is 6.92 Å². The highest BCUT2D eigenvalue weighted by molar-refractivity contribution is 5.40. The van der Waals surface area contributed by atoms with Gasteiger partial charge in [0.05, 0.1) is 11.3 Å². The minimum Gasteiger partial charge on any atom is -0.382 e. The fraction of sp³-hybridized carbons (Fsp3) is 0.333. The molecule has 2 nitrogen and oxygen atoms in total. The summed E-state index contributed by atoms with van der Waals surface area (Å²) in [6.07, 6.45) is -6.06. The zero-order valence-corrected chi connectivity index (χ0v) is 11.8. The maximum Gasteiger partial charge on any atom is 0.419 e. The Morgan fingerprint density at radius 3 is 2.19 bits per heavy atom. The Kier molecular flexibility index (Phi) is 3.84. The number of aliphatic hydroxyl groups excluding tert-OH is 1. The summed E-state index contributed by atoms with van der Waals surface area (Å²) in [5.74, 6) is -1.35. The number of hydrogen-bond donors (Lipinski definition) is 2. The Morgan fingerprint density at radius 2 is 1.71 bits per heavy atom. The van der Waals surface area contributed by atoms with Gasteiger partial charge in [-0.05, 0) is 49.6 Å². The molecule has 2 N–H and O–H groups in total. The van der Waals surface area contributed by atoms with Crippen LogP contribution in [0.5, 0.6) is 0 Å². The smallest absolute Gasteiger partial charge is 0.382 e. The van der Waals surface area contributed by atoms with Crippen LogP contribution in [0.1, 0.15) is 39.7 Å². The van der Waals surface area contributed by atoms with Gasteiger partial charge < -0.3 is 10.1 Å². The lowest BCUT2D eigenvalue weighted by molar-refractivity contribution is -0.140. The molecule has 0 saturated carbocycles. The number of aryl methyl sites for hydroxylation is 1. The number of aromatic nitrogens is 1. The van der Waals surface area contributed by atoms with Gasteiger partial charge in [0.2, 0.25) is 0 Å². The molecule has 21 heavy (non-hydrogen) atoms. The van der Waals surface area contributed by atoms with Gasteiger partial charge in [-0.15, -0.1) is 0 Å². The first-order valence-corrected chi connectivity index (χ1v) is 6.33. The van der Waals surface area contributed by atoms with Crippen LogP contribution in [0.4, 0.5) is 17.6 Å². The standard InChI is InChI=1S/C15H15F4NO/c1-7-8(2)13(20-9(7)3)14(21)10-4-5-12(16)11(6-10)15(17,18)19/h4-6,14,20-21H,1-3H3. The van der Waals surface area contributed by atoms with Crippen molar-refractivity contribution in [3.8, 4) is 0 Å². The van der Waals surface area contributed by atoms with Crippen molar-refractivity contribution >= 4 is 0 Å². The summed E-state index contributed by atoms with van der Waals surface area (Å²) in [6.45, 7) is 5.43. The van der Waals surface area contributed by atoms with Gasteiger partial charge in [-0.2, -0.15) is 13.2 Å². The molecular weight excluding hydrogens is 286 g/mol. The molecule has 0 spiro atoms. The van der Waals surface area contributed by atoms with Crippen LogP contribution < -0.4 is 0 Å². The van der Waals surface area contributed by atoms with E-state index in [2.05, 4.69) is 4.98 Å². The number of aromatic amines is 1. The van der Waals surface area contributed by atoms with Crippen molar-refractivity contribution in [2.75, 3.05) is 0 Å². The molecule has 1 heterocycles. The predicted octanol–water partition coefficient (Wildman–Crippen LogP) is 4.18. The zero-order chi connectivity index (χ0) is 15.9. The van der Waals surface area contributed by atoms with Crippen LogP contribution in [0.2, 0.25) is 0 Å². The quantitative estimate of drug-likeness (QED) is 0.802. The molecule has 0 radical (unpaired) electrons. The van der Waals surface area contributed by atoms with Gasteiger partial charge in [-0.25, -0.2) is 4.39 Å². The number of nitrogens with one attached hydrogen (secondary N) is 1. The number of halogens is 4. The first kappa shape index (κ1) is 15.6. The second-order valence-electron chi connectivity index (χ2n) is 5.05. The van der Waals surface area contributed by atoms with E-state index >= 15 is 0 Å². The van der Waals surface area contributed by atoms with E-state index in [-0.39, 0.29) is 5.56 Å². The van der Waals surface area contributed by atoms with Crippen molar-refractivity contribution in [1.82, 2.24) is 4.98 Å². The highest BCUT2D eigenvalue weighted by Gasteiger charge is 2.35. The van der Waals surface area contributed by atoms with E-state index < -0.39 is 23.7 Å². The molecule has 0 amide bonds. The van der Waals surface area contributed by atoms with Crippen LogP contribution in [0, 0.1) is 26.6 Å². The molecule has 1 unspecified atom stereocenters. The Hall–Kier alpha value is -1.82. The van der Waals surface area contributed by atoms with E-state index in [9.17, 15) is 22.7 Å². The molecule has 0 aliphatic heterocycles. The zero-order valence-electron chi connectivity index (χ0n) is 11.8. The van der Waals surface area contributed by atoms with Crippen LogP contribution in [0.25, 0.3) is 0 Å². The molecular formula is C15H15F4NO. The molecule has 1 aromatic heterocycles. The van der Waals surface area contributed by atoms with E-state index in [4.69, 9.17) is 0 Å². The van der Waals surface area contributed by atoms with Crippen molar-refractivity contribution in [2.24, 2.45) is 0 Å². The third kappa shape index (κ3) is 2.81. The van der Waals surface area contributed by atoms with Gasteiger partial charge in [0, 0.05) is 5.69 Å². The third-order valence-electron chi connectivity index (χ3n) is 3.74. The second kappa shape index (κ2) is 5.18. The number of alkyl halides is 3. The molecule has 114 valence electrons. The third-order valence-corrected chi connectivity index (χ3v) is 3.74. The van der Waals surface area contributed by atoms with Gasteiger partial charge in [-0.1, -0.05) is 6.07 Å². The maximum absolute atomic E-state index is 13.3. The van der Waals surface area contributed by atoms with Crippen LogP contribution >= 0.6 is 0 Å². The van der Waals surface area contributed by atoms with E-state index in [0.717, 1.165) is 29.0 Å². The lowest BCUT2D eigenvalue weighted by Crippen LogP contribution is -2.11. The average molecular weight is 301 g/mol. The van der Waals surface area contributed by atoms with Gasteiger partial charge in [0.15, 0.2) is 0 Å². The summed E-state index contributed by atoms with van der Waals surface area (Å²) in [6, 6.07) is 2.52. The molecule has 0 saturated heterocycles. The van der Waals surface area contributed by atoms with Gasteiger partial charge >= 0.3 is 6.18 Å². The average Bonchev–Trinajstić information content (AvgIpc) is 2.65. The molecule has 0 aliphatic rings. The Morgan fingerprint density at radius 1 is 1.10 bits per heavy atom. The minimum absolute atomic E-state index is 0.00641. The van der Waals surface area contributed by atoms with E-state index in [1.165, 1.54) is 0 Å². The predicted molar refractivity (Wildman–Crippen MR) is 70.5 cm³/mol. The number of rotatable bonds is 2. The monoisotopic (exact) mass is 301 g/mol. The van der Waals surface area contributed by atoms with Crippen LogP contribution in [0.15, 0.2) is 18.2 Å². The maximum atomic E-state index is 13.3. The van der Waals surface area contributed by atoms with Crippen molar-refractivity contribution in [3.63, 3.8) is 0 Å². The molecule has 6 heteroatoms. The number of benzene rings is 1. The fourth-order valence-electron chi connectivity index (χ4n) is 2.24. The van der Waals surface area contributed by atoms with E-state index in [1.807, 2.05) is 13.8 Å². The highest BCUT2D eigenvalue weighted by Crippen LogP contribution is 2.35. The van der Waals surface area contributed by atoms with E-state index in [0.29, 0.717) is 11.8 Å². The van der Waals surface area contributed by atoms with Crippen molar-refractivity contribution in [3.05, 3.63) is 57.7 Å². The molecule has 0 fully saturated rings. The molecule has 0 aliphatic carbocycles. The highest BCUT2D eigenvalue weighted by atomic mass is 19.4. The normalized spacial score (nSPS) is 13.5. The summed E-state index contributed by atoms with van der Waals surface area (Å²) in [7, 11) is 0. The largest absolute Gasteiger partial charge is 0.419 e. The summed E-state index contributed by atoms with van der Waals surface area (Å²) >= 11 is 0. The van der Waals surface area contributed by atoms with Crippen LogP contribution in [-0.2, 0) is 6.18 Å². The molecule has 1 aromatic carbocycles. The molecule has 2 aromatic rings. The topological polar surface area (TPSA) is 36.0 Å². The Balaban J connectivity index is 2.49. The first-order valence-electron chi connectivity index (χ1n) is 6.33. The summed E-state index contributed by atoms with van der Waals surface area (Å²) in [5, 5.41) is 10.3. The molecule has 0 bridgehead atoms. The van der Waals surface area contributed by atoms with Crippen LogP contribution in [0.3, 0.4) is 0 Å². The summed E-state index contributed by atoms with van der Waals surface area (Å²) in [4.78, 5) is 2.96. The molecule has 2 rings (SSSR count). The lowest BCUT2D eigenvalue weighted by Gasteiger charge is -2.14. The number of H-pyrrole nitrogens is 1. The minimum atomic E-state index is -4.80. The number of hydrogen-bond acceptors (Lipinski definition) is 1. The van der Waals surface area contributed by atoms with Crippen molar-refractivity contribution < 1.29 is 22.7 Å². The van der Waals surface area contributed by atoms with Crippen molar-refractivity contribution in [2.45, 2.75) is 33.1 Å². The van der Waals surface area contributed by atoms with Gasteiger partial charge in [0.1, 0.15) is 11.9 Å².